The predicted molar refractivity (Wildman–Crippen MR) is 132 cm³/mol. The molecule has 1 aliphatic carbocycles. The summed E-state index contributed by atoms with van der Waals surface area (Å²) in [5.41, 5.74) is -3.65. The van der Waals surface area contributed by atoms with Gasteiger partial charge < -0.3 is 20.1 Å². The molecule has 10 heteroatoms. The fraction of sp³-hybridized carbons (Fsp3) is 0.481. The number of ether oxygens (including phenoxy) is 1. The van der Waals surface area contributed by atoms with Gasteiger partial charge in [-0.05, 0) is 61.6 Å². The highest BCUT2D eigenvalue weighted by molar-refractivity contribution is 6.34. The average molecular weight is 539 g/mol. The highest BCUT2D eigenvalue weighted by Crippen LogP contribution is 2.50. The molecule has 2 fully saturated rings. The van der Waals surface area contributed by atoms with Crippen molar-refractivity contribution < 1.29 is 32.6 Å². The highest BCUT2D eigenvalue weighted by Gasteiger charge is 2.62. The number of likely N-dealkylation sites (tertiary alicyclic amines) is 1. The lowest BCUT2D eigenvalue weighted by molar-refractivity contribution is -0.262. The topological polar surface area (TPSA) is 78.9 Å². The van der Waals surface area contributed by atoms with E-state index in [4.69, 9.17) is 16.3 Å². The minimum atomic E-state index is -5.13. The molecule has 2 aromatic rings. The maximum atomic E-state index is 13.9. The normalized spacial score (nSPS) is 21.7. The van der Waals surface area contributed by atoms with Crippen LogP contribution in [0.25, 0.3) is 0 Å². The second-order valence-corrected chi connectivity index (χ2v) is 10.1. The Kier molecular flexibility index (Phi) is 8.04. The third-order valence-corrected chi connectivity index (χ3v) is 7.80. The summed E-state index contributed by atoms with van der Waals surface area (Å²) < 4.78 is 47.4. The van der Waals surface area contributed by atoms with Crippen molar-refractivity contribution in [2.45, 2.75) is 37.5 Å². The number of aliphatic hydroxyl groups is 1. The Morgan fingerprint density at radius 3 is 2.41 bits per heavy atom. The first-order valence-corrected chi connectivity index (χ1v) is 12.7. The molecule has 1 saturated carbocycles. The molecule has 2 aliphatic rings. The molecule has 1 heterocycles. The number of nitrogens with zero attached hydrogens (tertiary/aromatic N) is 1. The molecule has 0 radical (unpaired) electrons. The second kappa shape index (κ2) is 10.9. The standard InChI is InChI=1S/C27H30ClF3N2O4/c1-32-24(34)21-8-7-20(16-23(21)28)37-14-11-18-15-22(18)17-9-12-33(13-10-17)25(35)26(36,27(29,30)31)19-5-3-2-4-6-19/h2-8,16-18,22,36H,9-15H2,1H3,(H,32,34)/t18-,22-,26-/m1/s1. The van der Waals surface area contributed by atoms with Crippen molar-refractivity contribution in [3.63, 3.8) is 0 Å². The first-order valence-electron chi connectivity index (χ1n) is 12.3. The Morgan fingerprint density at radius 1 is 1.14 bits per heavy atom. The molecule has 0 aromatic heterocycles. The molecule has 4 rings (SSSR count). The number of halogens is 4. The van der Waals surface area contributed by atoms with Gasteiger partial charge in [0.15, 0.2) is 0 Å². The summed E-state index contributed by atoms with van der Waals surface area (Å²) >= 11 is 6.16. The number of rotatable bonds is 8. The van der Waals surface area contributed by atoms with Crippen LogP contribution in [0.1, 0.15) is 41.6 Å². The van der Waals surface area contributed by atoms with Crippen LogP contribution in [0.4, 0.5) is 13.2 Å². The zero-order valence-corrected chi connectivity index (χ0v) is 21.2. The summed E-state index contributed by atoms with van der Waals surface area (Å²) in [4.78, 5) is 25.8. The van der Waals surface area contributed by atoms with E-state index in [1.54, 1.807) is 18.2 Å². The van der Waals surface area contributed by atoms with Gasteiger partial charge in [0.05, 0.1) is 17.2 Å². The van der Waals surface area contributed by atoms with Gasteiger partial charge >= 0.3 is 6.18 Å². The number of alkyl halides is 3. The van der Waals surface area contributed by atoms with Crippen LogP contribution < -0.4 is 10.1 Å². The van der Waals surface area contributed by atoms with Gasteiger partial charge in [0.2, 0.25) is 0 Å². The predicted octanol–water partition coefficient (Wildman–Crippen LogP) is 4.79. The van der Waals surface area contributed by atoms with Crippen molar-refractivity contribution in [2.24, 2.45) is 17.8 Å². The van der Waals surface area contributed by atoms with E-state index in [0.717, 1.165) is 29.9 Å². The summed E-state index contributed by atoms with van der Waals surface area (Å²) in [6.07, 6.45) is -2.06. The summed E-state index contributed by atoms with van der Waals surface area (Å²) in [6, 6.07) is 11.5. The molecular weight excluding hydrogens is 509 g/mol. The molecule has 0 unspecified atom stereocenters. The summed E-state index contributed by atoms with van der Waals surface area (Å²) in [7, 11) is 1.53. The zero-order chi connectivity index (χ0) is 26.8. The van der Waals surface area contributed by atoms with E-state index in [9.17, 15) is 27.9 Å². The number of carbonyl (C=O) groups is 2. The van der Waals surface area contributed by atoms with E-state index in [0.29, 0.717) is 53.5 Å². The Morgan fingerprint density at radius 2 is 1.81 bits per heavy atom. The molecular formula is C27H30ClF3N2O4. The van der Waals surface area contributed by atoms with Crippen molar-refractivity contribution in [1.29, 1.82) is 0 Å². The molecule has 2 N–H and O–H groups in total. The van der Waals surface area contributed by atoms with Gasteiger partial charge in [-0.3, -0.25) is 9.59 Å². The Balaban J connectivity index is 1.26. The average Bonchev–Trinajstić information content (AvgIpc) is 3.67. The van der Waals surface area contributed by atoms with Crippen LogP contribution in [0.15, 0.2) is 48.5 Å². The third kappa shape index (κ3) is 5.72. The largest absolute Gasteiger partial charge is 0.494 e. The van der Waals surface area contributed by atoms with Gasteiger partial charge in [-0.15, -0.1) is 0 Å². The smallest absolute Gasteiger partial charge is 0.430 e. The van der Waals surface area contributed by atoms with Crippen molar-refractivity contribution in [3.05, 3.63) is 64.7 Å². The Hall–Kier alpha value is -2.78. The van der Waals surface area contributed by atoms with Crippen molar-refractivity contribution >= 4 is 23.4 Å². The fourth-order valence-electron chi connectivity index (χ4n) is 5.26. The van der Waals surface area contributed by atoms with E-state index in [2.05, 4.69) is 5.32 Å². The van der Waals surface area contributed by atoms with Gasteiger partial charge in [0, 0.05) is 25.7 Å². The molecule has 3 atom stereocenters. The van der Waals surface area contributed by atoms with Crippen LogP contribution >= 0.6 is 11.6 Å². The number of benzene rings is 2. The molecule has 2 amide bonds. The molecule has 0 spiro atoms. The summed E-state index contributed by atoms with van der Waals surface area (Å²) in [5, 5.41) is 13.4. The van der Waals surface area contributed by atoms with Crippen molar-refractivity contribution in [2.75, 3.05) is 26.7 Å². The summed E-state index contributed by atoms with van der Waals surface area (Å²) in [6.45, 7) is 0.860. The number of hydrogen-bond donors (Lipinski definition) is 2. The molecule has 0 bridgehead atoms. The Bertz CT molecular complexity index is 1120. The van der Waals surface area contributed by atoms with Gasteiger partial charge in [0.1, 0.15) is 5.75 Å². The quantitative estimate of drug-likeness (QED) is 0.506. The van der Waals surface area contributed by atoms with Crippen LogP contribution in [0.3, 0.4) is 0 Å². The van der Waals surface area contributed by atoms with Crippen LogP contribution in [-0.2, 0) is 10.4 Å². The van der Waals surface area contributed by atoms with Gasteiger partial charge in [0.25, 0.3) is 17.4 Å². The minimum Gasteiger partial charge on any atom is -0.494 e. The zero-order valence-electron chi connectivity index (χ0n) is 20.4. The molecule has 1 aliphatic heterocycles. The number of amides is 2. The first kappa shape index (κ1) is 27.3. The lowest BCUT2D eigenvalue weighted by Crippen LogP contribution is -2.57. The van der Waals surface area contributed by atoms with Crippen molar-refractivity contribution in [3.8, 4) is 5.75 Å². The lowest BCUT2D eigenvalue weighted by Gasteiger charge is -2.38. The third-order valence-electron chi connectivity index (χ3n) is 7.49. The van der Waals surface area contributed by atoms with E-state index in [-0.39, 0.29) is 19.0 Å². The maximum absolute atomic E-state index is 13.9. The van der Waals surface area contributed by atoms with E-state index < -0.39 is 23.2 Å². The number of piperidine rings is 1. The van der Waals surface area contributed by atoms with Crippen LogP contribution in [0.2, 0.25) is 5.02 Å². The molecule has 6 nitrogen and oxygen atoms in total. The lowest BCUT2D eigenvalue weighted by atomic mass is 9.87. The summed E-state index contributed by atoms with van der Waals surface area (Å²) in [5.74, 6) is 0.239. The fourth-order valence-corrected chi connectivity index (χ4v) is 5.52. The molecule has 1 saturated heterocycles. The Labute approximate surface area is 218 Å². The number of nitrogens with one attached hydrogen (secondary N) is 1. The van der Waals surface area contributed by atoms with Gasteiger partial charge in [-0.1, -0.05) is 41.9 Å². The molecule has 200 valence electrons. The van der Waals surface area contributed by atoms with E-state index in [1.165, 1.54) is 25.2 Å². The van der Waals surface area contributed by atoms with Gasteiger partial charge in [-0.2, -0.15) is 13.2 Å². The monoisotopic (exact) mass is 538 g/mol. The molecule has 2 aromatic carbocycles. The van der Waals surface area contributed by atoms with Crippen LogP contribution in [0, 0.1) is 17.8 Å². The van der Waals surface area contributed by atoms with Crippen LogP contribution in [-0.4, -0.2) is 54.7 Å². The van der Waals surface area contributed by atoms with Gasteiger partial charge in [-0.25, -0.2) is 0 Å². The van der Waals surface area contributed by atoms with E-state index >= 15 is 0 Å². The molecule has 37 heavy (non-hydrogen) atoms. The highest BCUT2D eigenvalue weighted by atomic mass is 35.5. The maximum Gasteiger partial charge on any atom is 0.430 e. The number of hydrogen-bond acceptors (Lipinski definition) is 4. The number of carbonyl (C=O) groups excluding carboxylic acids is 2. The SMILES string of the molecule is CNC(=O)c1ccc(OCC[C@@H]2C[C@@H]2C2CCN(C(=O)[C@](O)(c3ccccc3)C(F)(F)F)CC2)cc1Cl. The van der Waals surface area contributed by atoms with Crippen LogP contribution in [0.5, 0.6) is 5.75 Å². The second-order valence-electron chi connectivity index (χ2n) is 9.72. The minimum absolute atomic E-state index is 0.185. The van der Waals surface area contributed by atoms with E-state index in [1.807, 2.05) is 0 Å². The van der Waals surface area contributed by atoms with Crippen molar-refractivity contribution in [1.82, 2.24) is 10.2 Å². The first-order chi connectivity index (χ1) is 17.6.